The lowest BCUT2D eigenvalue weighted by atomic mass is 9.99. The van der Waals surface area contributed by atoms with Crippen LogP contribution in [0.5, 0.6) is 0 Å². The molecule has 3 aromatic carbocycles. The molecule has 3 heterocycles. The van der Waals surface area contributed by atoms with Gasteiger partial charge in [-0.05, 0) is 47.4 Å². The molecule has 6 aromatic rings. The van der Waals surface area contributed by atoms with E-state index in [-0.39, 0.29) is 24.3 Å². The minimum atomic E-state index is -1.01. The van der Waals surface area contributed by atoms with Gasteiger partial charge < -0.3 is 10.3 Å². The van der Waals surface area contributed by atoms with Gasteiger partial charge in [-0.3, -0.25) is 14.2 Å². The van der Waals surface area contributed by atoms with Gasteiger partial charge in [-0.1, -0.05) is 48.5 Å². The van der Waals surface area contributed by atoms with E-state index >= 15 is 0 Å². The summed E-state index contributed by atoms with van der Waals surface area (Å²) in [7, 11) is 0. The fourth-order valence-electron chi connectivity index (χ4n) is 4.73. The summed E-state index contributed by atoms with van der Waals surface area (Å²) >= 11 is 0. The number of fused-ring (bicyclic) bond motifs is 1. The molecule has 0 aliphatic rings. The maximum atomic E-state index is 13.6. The van der Waals surface area contributed by atoms with Crippen LogP contribution in [-0.4, -0.2) is 30.3 Å². The Balaban J connectivity index is 1.16. The summed E-state index contributed by atoms with van der Waals surface area (Å²) in [4.78, 5) is 42.2. The molecule has 0 saturated heterocycles. The number of aromatic amines is 1. The summed E-state index contributed by atoms with van der Waals surface area (Å²) < 4.78 is 28.1. The highest BCUT2D eigenvalue weighted by Crippen LogP contribution is 2.29. The molecule has 2 N–H and O–H groups in total. The van der Waals surface area contributed by atoms with E-state index in [1.54, 1.807) is 6.20 Å². The van der Waals surface area contributed by atoms with Crippen molar-refractivity contribution in [3.8, 4) is 11.1 Å². The zero-order valence-electron chi connectivity index (χ0n) is 22.2. The van der Waals surface area contributed by atoms with Crippen molar-refractivity contribution in [3.63, 3.8) is 0 Å². The number of ketones is 1. The molecule has 208 valence electrons. The van der Waals surface area contributed by atoms with Gasteiger partial charge in [0.15, 0.2) is 17.4 Å². The molecule has 3 aromatic heterocycles. The molecule has 0 unspecified atom stereocenters. The molecule has 0 amide bonds. The number of benzene rings is 3. The molecule has 0 atom stereocenters. The molecular weight excluding hydrogens is 538 g/mol. The van der Waals surface area contributed by atoms with Crippen molar-refractivity contribution < 1.29 is 13.6 Å². The predicted molar refractivity (Wildman–Crippen MR) is 156 cm³/mol. The molecule has 6 rings (SSSR count). The fourth-order valence-corrected chi connectivity index (χ4v) is 4.73. The van der Waals surface area contributed by atoms with E-state index in [2.05, 4.69) is 25.3 Å². The van der Waals surface area contributed by atoms with Crippen LogP contribution in [0, 0.1) is 11.6 Å². The van der Waals surface area contributed by atoms with Crippen molar-refractivity contribution in [3.05, 3.63) is 136 Å². The Morgan fingerprint density at radius 1 is 0.929 bits per heavy atom. The van der Waals surface area contributed by atoms with Crippen LogP contribution in [0.1, 0.15) is 27.9 Å². The number of H-pyrrole nitrogens is 1. The van der Waals surface area contributed by atoms with Gasteiger partial charge in [0.2, 0.25) is 5.95 Å². The van der Waals surface area contributed by atoms with Gasteiger partial charge >= 0.3 is 0 Å². The van der Waals surface area contributed by atoms with E-state index in [0.717, 1.165) is 39.9 Å². The number of rotatable bonds is 9. The number of hydrogen-bond acceptors (Lipinski definition) is 6. The summed E-state index contributed by atoms with van der Waals surface area (Å²) in [6, 6.07) is 20.9. The van der Waals surface area contributed by atoms with Crippen LogP contribution < -0.4 is 10.9 Å². The first-order valence-corrected chi connectivity index (χ1v) is 13.2. The molecule has 42 heavy (non-hydrogen) atoms. The number of Topliss-reactive ketones (excluding diaryl/α,β-unsaturated/α-hetero) is 1. The Morgan fingerprint density at radius 3 is 2.62 bits per heavy atom. The molecule has 0 fully saturated rings. The third kappa shape index (κ3) is 5.68. The number of nitrogens with zero attached hydrogens (tertiary/aromatic N) is 4. The Kier molecular flexibility index (Phi) is 7.33. The van der Waals surface area contributed by atoms with Gasteiger partial charge in [-0.25, -0.2) is 18.7 Å². The first kappa shape index (κ1) is 26.7. The number of carbonyl (C=O) groups excluding carboxylic acids is 1. The van der Waals surface area contributed by atoms with Gasteiger partial charge in [0, 0.05) is 41.6 Å². The number of aryl methyl sites for hydroxylation is 1. The van der Waals surface area contributed by atoms with Gasteiger partial charge in [-0.2, -0.15) is 4.98 Å². The standard InChI is InChI=1S/C32H24F2N6O2/c33-27-11-9-21(14-28(27)34)18-40-19-35-15-26(31(40)42)29(41)12-10-20-5-4-6-22(13-20)24-16-36-30-25(24)17-37-32(39-30)38-23-7-2-1-3-8-23/h1-9,11,13-17,19H,10,12,18H2,(H2,36,37,38,39). The Labute approximate surface area is 238 Å². The zero-order valence-corrected chi connectivity index (χ0v) is 22.2. The molecule has 8 nitrogen and oxygen atoms in total. The van der Waals surface area contributed by atoms with E-state index in [9.17, 15) is 18.4 Å². The van der Waals surface area contributed by atoms with Crippen LogP contribution in [0.2, 0.25) is 0 Å². The Hall–Kier alpha value is -5.51. The van der Waals surface area contributed by atoms with E-state index in [1.807, 2.05) is 60.8 Å². The second-order valence-corrected chi connectivity index (χ2v) is 9.76. The van der Waals surface area contributed by atoms with Gasteiger partial charge in [0.05, 0.1) is 12.9 Å². The van der Waals surface area contributed by atoms with E-state index in [4.69, 9.17) is 0 Å². The number of para-hydroxylation sites is 1. The van der Waals surface area contributed by atoms with E-state index in [0.29, 0.717) is 23.6 Å². The third-order valence-electron chi connectivity index (χ3n) is 6.88. The number of anilines is 2. The van der Waals surface area contributed by atoms with Crippen LogP contribution in [0.3, 0.4) is 0 Å². The maximum Gasteiger partial charge on any atom is 0.264 e. The molecule has 0 bridgehead atoms. The van der Waals surface area contributed by atoms with Crippen molar-refractivity contribution in [2.45, 2.75) is 19.4 Å². The van der Waals surface area contributed by atoms with Crippen LogP contribution in [0.15, 0.2) is 103 Å². The highest BCUT2D eigenvalue weighted by atomic mass is 19.2. The van der Waals surface area contributed by atoms with Crippen molar-refractivity contribution in [1.82, 2.24) is 24.5 Å². The third-order valence-corrected chi connectivity index (χ3v) is 6.88. The lowest BCUT2D eigenvalue weighted by Crippen LogP contribution is -2.27. The highest BCUT2D eigenvalue weighted by molar-refractivity contribution is 5.96. The summed E-state index contributed by atoms with van der Waals surface area (Å²) in [5.74, 6) is -1.85. The van der Waals surface area contributed by atoms with Gasteiger partial charge in [0.25, 0.3) is 5.56 Å². The summed E-state index contributed by atoms with van der Waals surface area (Å²) in [5.41, 5.74) is 4.16. The maximum absolute atomic E-state index is 13.6. The molecule has 0 saturated carbocycles. The summed E-state index contributed by atoms with van der Waals surface area (Å²) in [5, 5.41) is 4.05. The topological polar surface area (TPSA) is 106 Å². The summed E-state index contributed by atoms with van der Waals surface area (Å²) in [6.45, 7) is -0.0374. The minimum absolute atomic E-state index is 0.0374. The lowest BCUT2D eigenvalue weighted by molar-refractivity contribution is 0.0980. The number of carbonyl (C=O) groups is 1. The summed E-state index contributed by atoms with van der Waals surface area (Å²) in [6.07, 6.45) is 6.67. The number of aromatic nitrogens is 5. The van der Waals surface area contributed by atoms with Gasteiger partial charge in [-0.15, -0.1) is 0 Å². The molecule has 10 heteroatoms. The van der Waals surface area contributed by atoms with Crippen LogP contribution in [-0.2, 0) is 13.0 Å². The van der Waals surface area contributed by atoms with Gasteiger partial charge in [0.1, 0.15) is 11.2 Å². The average molecular weight is 563 g/mol. The smallest absolute Gasteiger partial charge is 0.264 e. The molecule has 0 spiro atoms. The Bertz CT molecular complexity index is 1970. The highest BCUT2D eigenvalue weighted by Gasteiger charge is 2.15. The number of halogens is 2. The second-order valence-electron chi connectivity index (χ2n) is 9.76. The van der Waals surface area contributed by atoms with Crippen molar-refractivity contribution in [2.24, 2.45) is 0 Å². The molecular formula is C32H24F2N6O2. The predicted octanol–water partition coefficient (Wildman–Crippen LogP) is 6.07. The quantitative estimate of drug-likeness (QED) is 0.207. The minimum Gasteiger partial charge on any atom is -0.345 e. The molecule has 0 aliphatic carbocycles. The first-order valence-electron chi connectivity index (χ1n) is 13.2. The van der Waals surface area contributed by atoms with E-state index in [1.165, 1.54) is 23.2 Å². The van der Waals surface area contributed by atoms with Crippen molar-refractivity contribution in [1.29, 1.82) is 0 Å². The first-order chi connectivity index (χ1) is 20.4. The van der Waals surface area contributed by atoms with E-state index < -0.39 is 17.2 Å². The fraction of sp³-hybridized carbons (Fsp3) is 0.0938. The van der Waals surface area contributed by atoms with Crippen molar-refractivity contribution >= 4 is 28.5 Å². The Morgan fingerprint density at radius 2 is 1.79 bits per heavy atom. The van der Waals surface area contributed by atoms with Crippen LogP contribution in [0.4, 0.5) is 20.4 Å². The largest absolute Gasteiger partial charge is 0.345 e. The molecule has 0 aliphatic heterocycles. The van der Waals surface area contributed by atoms with Crippen LogP contribution >= 0.6 is 0 Å². The normalized spacial score (nSPS) is 11.1. The SMILES string of the molecule is O=C(CCc1cccc(-c2c[nH]c3nc(Nc4ccccc4)ncc23)c1)c1cncn(Cc2ccc(F)c(F)c2)c1=O. The number of hydrogen-bond donors (Lipinski definition) is 2. The van der Waals surface area contributed by atoms with Crippen molar-refractivity contribution in [2.75, 3.05) is 5.32 Å². The molecule has 0 radical (unpaired) electrons. The average Bonchev–Trinajstić information content (AvgIpc) is 3.43. The lowest BCUT2D eigenvalue weighted by Gasteiger charge is -2.08. The zero-order chi connectivity index (χ0) is 29.1. The number of nitrogens with one attached hydrogen (secondary N) is 2. The van der Waals surface area contributed by atoms with Crippen LogP contribution in [0.25, 0.3) is 22.2 Å². The monoisotopic (exact) mass is 562 g/mol. The second kappa shape index (κ2) is 11.5.